The molecule has 1 rings (SSSR count). The van der Waals surface area contributed by atoms with E-state index in [-0.39, 0.29) is 22.9 Å². The Hall–Kier alpha value is -0.250. The van der Waals surface area contributed by atoms with Crippen molar-refractivity contribution < 1.29 is 22.9 Å². The van der Waals surface area contributed by atoms with Gasteiger partial charge in [-0.2, -0.15) is 14.1 Å². The van der Waals surface area contributed by atoms with Crippen LogP contribution in [0, 0.1) is 0 Å². The second kappa shape index (κ2) is 21.1. The summed E-state index contributed by atoms with van der Waals surface area (Å²) in [6.45, 7) is 11.2. The van der Waals surface area contributed by atoms with Crippen molar-refractivity contribution in [2.45, 2.75) is 30.4 Å². The zero-order chi connectivity index (χ0) is 15.5. The van der Waals surface area contributed by atoms with E-state index < -0.39 is 0 Å². The van der Waals surface area contributed by atoms with Gasteiger partial charge in [0.2, 0.25) is 0 Å². The fourth-order valence-electron chi connectivity index (χ4n) is 1.25. The van der Waals surface area contributed by atoms with E-state index in [9.17, 15) is 0 Å². The standard InChI is InChI=1S/2C5H10N.C5H5.C2H5.Hf/c2*1-3-4-5-6-2;1-2-4-5-3-1;1-2;/h2*3H,1,4-5H2,2H3;1-3H,4H2;1H2,2H3;/q2*-1;;;+2. The second-order valence-electron chi connectivity index (χ2n) is 4.09. The molecule has 0 aromatic rings. The Bertz CT molecular complexity index is 258. The summed E-state index contributed by atoms with van der Waals surface area (Å²) in [4.78, 5) is 0. The Labute approximate surface area is 137 Å². The van der Waals surface area contributed by atoms with Crippen molar-refractivity contribution in [2.75, 3.05) is 27.2 Å². The monoisotopic (exact) mass is 442 g/mol. The molecule has 0 N–H and O–H groups in total. The van der Waals surface area contributed by atoms with Gasteiger partial charge in [-0.15, -0.1) is 26.2 Å². The summed E-state index contributed by atoms with van der Waals surface area (Å²) >= 11 is -0.238. The summed E-state index contributed by atoms with van der Waals surface area (Å²) < 4.78 is 3.26. The normalized spacial score (nSPS) is 11.2. The SMILES string of the molecule is C=CCC[N-]C.C=CCC[N-]C.C[CH2][Hf+2][C]1=CC=CC1. The van der Waals surface area contributed by atoms with E-state index >= 15 is 0 Å². The van der Waals surface area contributed by atoms with Gasteiger partial charge in [0.1, 0.15) is 0 Å². The minimum atomic E-state index is -0.238. The molecule has 20 heavy (non-hydrogen) atoms. The van der Waals surface area contributed by atoms with Crippen LogP contribution in [0.25, 0.3) is 10.6 Å². The van der Waals surface area contributed by atoms with Crippen LogP contribution in [-0.2, 0) is 22.9 Å². The summed E-state index contributed by atoms with van der Waals surface area (Å²) in [5, 5.41) is 7.71. The third-order valence-electron chi connectivity index (χ3n) is 2.29. The molecule has 0 aromatic carbocycles. The summed E-state index contributed by atoms with van der Waals surface area (Å²) in [6, 6.07) is 0. The van der Waals surface area contributed by atoms with Gasteiger partial charge in [-0.3, -0.25) is 0 Å². The first-order chi connectivity index (χ1) is 9.76. The van der Waals surface area contributed by atoms with Gasteiger partial charge in [-0.25, -0.2) is 0 Å². The molecular formula is C17H30HfN2. The molecular weight excluding hydrogens is 411 g/mol. The van der Waals surface area contributed by atoms with Crippen molar-refractivity contribution in [3.05, 3.63) is 57.5 Å². The zero-order valence-corrected chi connectivity index (χ0v) is 17.0. The predicted octanol–water partition coefficient (Wildman–Crippen LogP) is 5.48. The fraction of sp³-hybridized carbons (Fsp3) is 0.529. The molecule has 0 spiro atoms. The molecule has 0 amide bonds. The molecule has 0 saturated carbocycles. The number of allylic oxidation sites excluding steroid dienone is 4. The summed E-state index contributed by atoms with van der Waals surface area (Å²) in [7, 11) is 3.62. The topological polar surface area (TPSA) is 28.2 Å². The number of rotatable bonds is 8. The first kappa shape index (κ1) is 22.0. The molecule has 0 atom stereocenters. The van der Waals surface area contributed by atoms with Crippen molar-refractivity contribution in [1.29, 1.82) is 0 Å². The fourth-order valence-corrected chi connectivity index (χ4v) is 4.59. The molecule has 0 unspecified atom stereocenters. The molecule has 1 aliphatic carbocycles. The van der Waals surface area contributed by atoms with Gasteiger partial charge in [-0.05, 0) is 0 Å². The molecule has 1 aliphatic rings. The molecule has 112 valence electrons. The molecule has 0 aliphatic heterocycles. The van der Waals surface area contributed by atoms with Gasteiger partial charge in [-0.1, -0.05) is 25.0 Å². The summed E-state index contributed by atoms with van der Waals surface area (Å²) in [5.74, 6) is 0. The maximum absolute atomic E-state index is 3.85. The quantitative estimate of drug-likeness (QED) is 0.271. The van der Waals surface area contributed by atoms with E-state index in [4.69, 9.17) is 0 Å². The van der Waals surface area contributed by atoms with Crippen LogP contribution in [0.5, 0.6) is 0 Å². The third kappa shape index (κ3) is 20.1. The van der Waals surface area contributed by atoms with Crippen molar-refractivity contribution in [3.8, 4) is 0 Å². The Morgan fingerprint density at radius 2 is 1.70 bits per heavy atom. The van der Waals surface area contributed by atoms with Gasteiger partial charge in [0.15, 0.2) is 0 Å². The van der Waals surface area contributed by atoms with E-state index in [1.807, 2.05) is 26.2 Å². The molecule has 0 aromatic heterocycles. The molecule has 0 heterocycles. The second-order valence-corrected chi connectivity index (χ2v) is 10.2. The van der Waals surface area contributed by atoms with E-state index in [2.05, 4.69) is 48.9 Å². The van der Waals surface area contributed by atoms with Gasteiger partial charge in [0, 0.05) is 0 Å². The number of hydrogen-bond donors (Lipinski definition) is 0. The molecule has 2 nitrogen and oxygen atoms in total. The van der Waals surface area contributed by atoms with Gasteiger partial charge in [0.25, 0.3) is 0 Å². The van der Waals surface area contributed by atoms with Gasteiger partial charge < -0.3 is 10.6 Å². The Morgan fingerprint density at radius 1 is 1.15 bits per heavy atom. The molecule has 0 radical (unpaired) electrons. The van der Waals surface area contributed by atoms with Crippen LogP contribution in [0.4, 0.5) is 0 Å². The first-order valence-corrected chi connectivity index (χ1v) is 11.5. The molecule has 0 saturated heterocycles. The Kier molecular flexibility index (Phi) is 23.2. The van der Waals surface area contributed by atoms with Crippen LogP contribution >= 0.6 is 0 Å². The van der Waals surface area contributed by atoms with Crippen LogP contribution in [0.15, 0.2) is 46.9 Å². The zero-order valence-electron chi connectivity index (χ0n) is 13.4. The van der Waals surface area contributed by atoms with Crippen molar-refractivity contribution in [1.82, 2.24) is 0 Å². The van der Waals surface area contributed by atoms with Crippen LogP contribution in [0.2, 0.25) is 4.18 Å². The van der Waals surface area contributed by atoms with Gasteiger partial charge >= 0.3 is 62.0 Å². The maximum atomic E-state index is 3.85. The average Bonchev–Trinajstić information content (AvgIpc) is 2.98. The van der Waals surface area contributed by atoms with Crippen LogP contribution in [0.3, 0.4) is 0 Å². The van der Waals surface area contributed by atoms with Crippen molar-refractivity contribution in [3.63, 3.8) is 0 Å². The first-order valence-electron chi connectivity index (χ1n) is 7.19. The summed E-state index contributed by atoms with van der Waals surface area (Å²) in [5.41, 5.74) is 0. The van der Waals surface area contributed by atoms with E-state index in [0.717, 1.165) is 25.9 Å². The molecule has 0 fully saturated rings. The predicted molar refractivity (Wildman–Crippen MR) is 90.2 cm³/mol. The minimum absolute atomic E-state index is 0.238. The number of nitrogens with zero attached hydrogens (tertiary/aromatic N) is 2. The van der Waals surface area contributed by atoms with Crippen LogP contribution < -0.4 is 0 Å². The van der Waals surface area contributed by atoms with Crippen LogP contribution in [-0.4, -0.2) is 27.2 Å². The number of hydrogen-bond acceptors (Lipinski definition) is 0. The van der Waals surface area contributed by atoms with E-state index in [0.29, 0.717) is 0 Å². The molecule has 3 heteroatoms. The van der Waals surface area contributed by atoms with Crippen LogP contribution in [0.1, 0.15) is 26.2 Å². The molecule has 0 bridgehead atoms. The van der Waals surface area contributed by atoms with Crippen molar-refractivity contribution >= 4 is 0 Å². The average molecular weight is 441 g/mol. The van der Waals surface area contributed by atoms with E-state index in [1.54, 1.807) is 3.33 Å². The van der Waals surface area contributed by atoms with Gasteiger partial charge in [0.05, 0.1) is 0 Å². The Balaban J connectivity index is 0. The summed E-state index contributed by atoms with van der Waals surface area (Å²) in [6.07, 6.45) is 13.8. The third-order valence-corrected chi connectivity index (χ3v) is 6.52. The van der Waals surface area contributed by atoms with E-state index in [1.165, 1.54) is 10.6 Å². The van der Waals surface area contributed by atoms with Crippen molar-refractivity contribution in [2.24, 2.45) is 0 Å². The Morgan fingerprint density at radius 3 is 1.95 bits per heavy atom.